The van der Waals surface area contributed by atoms with Crippen molar-refractivity contribution in [2.75, 3.05) is 64.4 Å². The van der Waals surface area contributed by atoms with Crippen LogP contribution in [0.25, 0.3) is 0 Å². The van der Waals surface area contributed by atoms with E-state index >= 15 is 8.78 Å². The molecule has 0 aromatic heterocycles. The highest BCUT2D eigenvalue weighted by molar-refractivity contribution is 6.82. The second kappa shape index (κ2) is 24.0. The summed E-state index contributed by atoms with van der Waals surface area (Å²) >= 11 is 0. The zero-order valence-corrected chi connectivity index (χ0v) is 45.0. The molecule has 14 nitrogen and oxygen atoms in total. The number of amides is 2. The van der Waals surface area contributed by atoms with Crippen LogP contribution in [0.3, 0.4) is 0 Å². The SMILES string of the molecule is COC(=O)C[C@H](C(=O)N1CCC[C@H]1C(=O)Cc1ccc([C@@H]2CC[C@@H](c3ccc(CC(=O)[C@@H]4CCCN4C(=O)[C@@H](CC(=O)OC)[C@@H](C)OC)cc3)N2c2cc(F)c(N3CC[Si]4(CCC4)CC3)c(F)c2)cc1)[C@@H](C)OC. The maximum atomic E-state index is 16.5. The van der Waals surface area contributed by atoms with Crippen LogP contribution in [-0.2, 0) is 60.6 Å². The van der Waals surface area contributed by atoms with E-state index < -0.39 is 67.8 Å². The van der Waals surface area contributed by atoms with Crippen LogP contribution in [0.2, 0.25) is 24.2 Å². The molecule has 0 bridgehead atoms. The minimum absolute atomic E-state index is 0.0386. The van der Waals surface area contributed by atoms with Crippen LogP contribution in [0.4, 0.5) is 20.2 Å². The van der Waals surface area contributed by atoms with Gasteiger partial charge in [-0.2, -0.15) is 0 Å². The van der Waals surface area contributed by atoms with Crippen molar-refractivity contribution >= 4 is 54.8 Å². The van der Waals surface area contributed by atoms with Gasteiger partial charge in [0.15, 0.2) is 23.2 Å². The second-order valence-electron chi connectivity index (χ2n) is 21.4. The van der Waals surface area contributed by atoms with Crippen LogP contribution >= 0.6 is 0 Å². The first kappa shape index (κ1) is 54.7. The molecule has 0 N–H and O–H groups in total. The van der Waals surface area contributed by atoms with Crippen LogP contribution in [0, 0.1) is 23.5 Å². The summed E-state index contributed by atoms with van der Waals surface area (Å²) in [6.45, 7) is 5.61. The molecule has 5 saturated heterocycles. The van der Waals surface area contributed by atoms with Crippen molar-refractivity contribution in [3.05, 3.63) is 94.6 Å². The Balaban J connectivity index is 1.01. The Morgan fingerprint density at radius 1 is 0.581 bits per heavy atom. The summed E-state index contributed by atoms with van der Waals surface area (Å²) in [5.41, 5.74) is 3.84. The van der Waals surface area contributed by atoms with Gasteiger partial charge in [0.25, 0.3) is 0 Å². The highest BCUT2D eigenvalue weighted by Crippen LogP contribution is 2.49. The number of esters is 2. The van der Waals surface area contributed by atoms with Gasteiger partial charge < -0.3 is 38.5 Å². The molecule has 400 valence electrons. The summed E-state index contributed by atoms with van der Waals surface area (Å²) in [7, 11) is 4.26. The van der Waals surface area contributed by atoms with Crippen LogP contribution in [0.15, 0.2) is 60.7 Å². The monoisotopic (exact) mass is 1040 g/mol. The Bertz CT molecular complexity index is 2370. The van der Waals surface area contributed by atoms with Gasteiger partial charge in [0.2, 0.25) is 11.8 Å². The molecule has 17 heteroatoms. The molecule has 0 aliphatic carbocycles. The highest BCUT2D eigenvalue weighted by atomic mass is 28.3. The number of methoxy groups -OCH3 is 4. The number of ketones is 2. The van der Waals surface area contributed by atoms with Gasteiger partial charge in [0.1, 0.15) is 5.69 Å². The molecule has 3 aromatic rings. The second-order valence-corrected chi connectivity index (χ2v) is 26.4. The van der Waals surface area contributed by atoms with E-state index in [2.05, 4.69) is 4.90 Å². The Hall–Kier alpha value is -5.52. The summed E-state index contributed by atoms with van der Waals surface area (Å²) in [5.74, 6) is -4.61. The van der Waals surface area contributed by atoms with Gasteiger partial charge in [-0.1, -0.05) is 67.0 Å². The minimum Gasteiger partial charge on any atom is -0.469 e. The Labute approximate surface area is 435 Å². The fourth-order valence-electron chi connectivity index (χ4n) is 12.5. The molecule has 3 aromatic carbocycles. The molecule has 5 fully saturated rings. The molecule has 0 radical (unpaired) electrons. The third-order valence-corrected chi connectivity index (χ3v) is 22.7. The van der Waals surface area contributed by atoms with Crippen LogP contribution in [-0.4, -0.2) is 132 Å². The number of anilines is 2. The number of benzene rings is 3. The number of nitrogens with zero attached hydrogens (tertiary/aromatic N) is 4. The topological polar surface area (TPSA) is 152 Å². The summed E-state index contributed by atoms with van der Waals surface area (Å²) in [5, 5.41) is 0. The lowest BCUT2D eigenvalue weighted by Crippen LogP contribution is -2.51. The lowest BCUT2D eigenvalue weighted by molar-refractivity contribution is -0.151. The van der Waals surface area contributed by atoms with E-state index in [0.29, 0.717) is 70.4 Å². The fourth-order valence-corrected chi connectivity index (χ4v) is 16.6. The fraction of sp³-hybridized carbons (Fsp3) is 0.579. The maximum Gasteiger partial charge on any atom is 0.306 e. The van der Waals surface area contributed by atoms with E-state index in [1.165, 1.54) is 59.1 Å². The highest BCUT2D eigenvalue weighted by Gasteiger charge is 2.44. The van der Waals surface area contributed by atoms with Crippen molar-refractivity contribution in [2.45, 2.75) is 145 Å². The van der Waals surface area contributed by atoms with Gasteiger partial charge in [-0.3, -0.25) is 28.8 Å². The quantitative estimate of drug-likeness (QED) is 0.0790. The summed E-state index contributed by atoms with van der Waals surface area (Å²) in [6, 6.07) is 21.4. The van der Waals surface area contributed by atoms with Gasteiger partial charge in [0.05, 0.1) is 83.3 Å². The third-order valence-electron chi connectivity index (χ3n) is 17.3. The summed E-state index contributed by atoms with van der Waals surface area (Å²) in [4.78, 5) is 87.2. The van der Waals surface area contributed by atoms with E-state index in [4.69, 9.17) is 18.9 Å². The van der Waals surface area contributed by atoms with E-state index in [-0.39, 0.29) is 66.8 Å². The van der Waals surface area contributed by atoms with Gasteiger partial charge in [-0.15, -0.1) is 0 Å². The lowest BCUT2D eigenvalue weighted by Gasteiger charge is -2.47. The van der Waals surface area contributed by atoms with Crippen molar-refractivity contribution in [1.29, 1.82) is 0 Å². The van der Waals surface area contributed by atoms with Crippen molar-refractivity contribution in [2.24, 2.45) is 11.8 Å². The molecule has 0 saturated carbocycles. The summed E-state index contributed by atoms with van der Waals surface area (Å²) < 4.78 is 53.7. The van der Waals surface area contributed by atoms with Gasteiger partial charge in [-0.05, 0) is 98.8 Å². The largest absolute Gasteiger partial charge is 0.469 e. The standard InChI is InChI=1S/C57H74F2N4O10Si/c1-36(70-3)43(34-53(66)72-5)56(68)61-22-7-10-49(61)51(64)30-38-12-16-40(17-13-38)47-20-21-48(63(47)42-32-45(58)55(46(59)33-42)60-24-28-74(29-25-60)26-9-27-74)41-18-14-39(15-19-41)31-52(65)50-11-8-23-62(50)57(69)44(37(2)71-4)35-54(67)73-6/h12-19,32-33,36-37,43-44,47-50H,7-11,20-31,34-35H2,1-6H3/t36-,37-,43+,44+,47+,48+,49+,50+/m1/s1. The van der Waals surface area contributed by atoms with Crippen LogP contribution in [0.1, 0.15) is 106 Å². The van der Waals surface area contributed by atoms with Crippen molar-refractivity contribution in [1.82, 2.24) is 9.80 Å². The molecule has 5 aliphatic heterocycles. The molecule has 1 spiro atoms. The number of halogens is 2. The Kier molecular flexibility index (Phi) is 17.7. The van der Waals surface area contributed by atoms with Gasteiger partial charge in [0, 0.05) is 58.9 Å². The molecule has 8 atom stereocenters. The molecule has 74 heavy (non-hydrogen) atoms. The predicted octanol–water partition coefficient (Wildman–Crippen LogP) is 8.35. The normalized spacial score (nSPS) is 23.0. The first-order valence-electron chi connectivity index (χ1n) is 26.6. The first-order chi connectivity index (χ1) is 35.6. The summed E-state index contributed by atoms with van der Waals surface area (Å²) in [6.07, 6.45) is 3.74. The van der Waals surface area contributed by atoms with E-state index in [9.17, 15) is 28.8 Å². The number of ether oxygens (including phenoxy) is 4. The first-order valence-corrected chi connectivity index (χ1v) is 29.5. The van der Waals surface area contributed by atoms with Crippen LogP contribution < -0.4 is 9.80 Å². The lowest BCUT2D eigenvalue weighted by atomic mass is 9.95. The van der Waals surface area contributed by atoms with Gasteiger partial charge >= 0.3 is 11.9 Å². The number of hydrogen-bond donors (Lipinski definition) is 0. The molecule has 2 amide bonds. The number of hydrogen-bond acceptors (Lipinski definition) is 12. The van der Waals surface area contributed by atoms with Crippen molar-refractivity contribution in [3.63, 3.8) is 0 Å². The average molecular weight is 1040 g/mol. The third kappa shape index (κ3) is 11.8. The molecule has 0 unspecified atom stereocenters. The maximum absolute atomic E-state index is 16.5. The Morgan fingerprint density at radius 2 is 1.00 bits per heavy atom. The van der Waals surface area contributed by atoms with E-state index in [1.807, 2.05) is 53.4 Å². The van der Waals surface area contributed by atoms with Crippen LogP contribution in [0.5, 0.6) is 0 Å². The minimum atomic E-state index is -1.25. The number of likely N-dealkylation sites (tertiary alicyclic amines) is 2. The average Bonchev–Trinajstić information content (AvgIpc) is 4.20. The van der Waals surface area contributed by atoms with E-state index in [1.54, 1.807) is 23.6 Å². The van der Waals surface area contributed by atoms with Crippen molar-refractivity contribution in [3.8, 4) is 0 Å². The Morgan fingerprint density at radius 3 is 1.36 bits per heavy atom. The zero-order valence-electron chi connectivity index (χ0n) is 44.0. The van der Waals surface area contributed by atoms with Gasteiger partial charge in [-0.25, -0.2) is 8.78 Å². The number of carbonyl (C=O) groups excluding carboxylic acids is 6. The molecule has 5 heterocycles. The van der Waals surface area contributed by atoms with Crippen molar-refractivity contribution < 1.29 is 56.5 Å². The number of Topliss-reactive ketones (excluding diaryl/α,β-unsaturated/α-hetero) is 2. The number of rotatable bonds is 20. The predicted molar refractivity (Wildman–Crippen MR) is 278 cm³/mol. The zero-order chi connectivity index (χ0) is 52.8. The molecular weight excluding hydrogens is 967 g/mol. The van der Waals surface area contributed by atoms with E-state index in [0.717, 1.165) is 34.3 Å². The molecular formula is C57H74F2N4O10Si. The smallest absolute Gasteiger partial charge is 0.306 e. The number of carbonyl (C=O) groups is 6. The molecule has 8 rings (SSSR count). The molecule has 5 aliphatic rings.